The molecule has 0 saturated heterocycles. The number of rotatable bonds is 4. The van der Waals surface area contributed by atoms with Crippen molar-refractivity contribution in [2.24, 2.45) is 0 Å². The van der Waals surface area contributed by atoms with Crippen LogP contribution in [0.1, 0.15) is 30.9 Å². The molecule has 0 aliphatic rings. The van der Waals surface area contributed by atoms with Gasteiger partial charge in [-0.15, -0.1) is 11.6 Å². The summed E-state index contributed by atoms with van der Waals surface area (Å²) in [6, 6.07) is 8.39. The largest absolute Gasteiger partial charge is 0.116 e. The summed E-state index contributed by atoms with van der Waals surface area (Å²) in [6.07, 6.45) is 3.70. The van der Waals surface area contributed by atoms with Gasteiger partial charge in [-0.3, -0.25) is 0 Å². The highest BCUT2D eigenvalue weighted by Gasteiger charge is 1.92. The number of hydrogen-bond acceptors (Lipinski definition) is 0. The Morgan fingerprint density at radius 3 is 2.42 bits per heavy atom. The van der Waals surface area contributed by atoms with Gasteiger partial charge in [-0.2, -0.15) is 0 Å². The van der Waals surface area contributed by atoms with Gasteiger partial charge in [0.25, 0.3) is 0 Å². The van der Waals surface area contributed by atoms with E-state index in [9.17, 15) is 0 Å². The van der Waals surface area contributed by atoms with E-state index >= 15 is 0 Å². The molecule has 0 N–H and O–H groups in total. The molecule has 1 radical (unpaired) electrons. The molecule has 1 aromatic rings. The summed E-state index contributed by atoms with van der Waals surface area (Å²) in [4.78, 5) is 0. The van der Waals surface area contributed by atoms with Gasteiger partial charge in [0.15, 0.2) is 0 Å². The van der Waals surface area contributed by atoms with Crippen LogP contribution in [0.3, 0.4) is 0 Å². The predicted octanol–water partition coefficient (Wildman–Crippen LogP) is 3.78. The molecule has 1 aromatic carbocycles. The summed E-state index contributed by atoms with van der Waals surface area (Å²) in [5.74, 6) is 1.60. The van der Waals surface area contributed by atoms with Gasteiger partial charge < -0.3 is 0 Å². The van der Waals surface area contributed by atoms with E-state index in [1.165, 1.54) is 24.8 Å². The van der Waals surface area contributed by atoms with Gasteiger partial charge in [0, 0.05) is 0 Å². The monoisotopic (exact) mass is 181 g/mol. The highest BCUT2D eigenvalue weighted by molar-refractivity contribution is 6.25. The molecule has 0 nitrogen and oxygen atoms in total. The standard InChI is InChI=1S/C11H14Cl/c1-2-3-4-10-5-7-11(9-12)8-6-10/h5-9H,2-4H2,1H3. The first kappa shape index (κ1) is 9.60. The normalized spacial score (nSPS) is 10.2. The molecular weight excluding hydrogens is 168 g/mol. The van der Waals surface area contributed by atoms with Gasteiger partial charge in [-0.1, -0.05) is 37.6 Å². The van der Waals surface area contributed by atoms with E-state index in [2.05, 4.69) is 31.2 Å². The van der Waals surface area contributed by atoms with E-state index in [0.29, 0.717) is 0 Å². The number of unbranched alkanes of at least 4 members (excludes halogenated alkanes) is 1. The lowest BCUT2D eigenvalue weighted by atomic mass is 10.1. The molecule has 0 unspecified atom stereocenters. The highest BCUT2D eigenvalue weighted by atomic mass is 35.5. The predicted molar refractivity (Wildman–Crippen MR) is 54.3 cm³/mol. The fourth-order valence-corrected chi connectivity index (χ4v) is 1.28. The van der Waals surface area contributed by atoms with Crippen molar-refractivity contribution in [1.82, 2.24) is 0 Å². The van der Waals surface area contributed by atoms with Crippen LogP contribution in [0.4, 0.5) is 0 Å². The van der Waals surface area contributed by atoms with Crippen LogP contribution >= 0.6 is 11.6 Å². The van der Waals surface area contributed by atoms with Crippen LogP contribution in [0.5, 0.6) is 0 Å². The molecular formula is C11H14Cl. The third-order valence-electron chi connectivity index (χ3n) is 1.92. The van der Waals surface area contributed by atoms with Crippen LogP contribution in [0, 0.1) is 5.88 Å². The number of hydrogen-bond donors (Lipinski definition) is 0. The number of aryl methyl sites for hydroxylation is 1. The Bertz CT molecular complexity index is 213. The molecule has 0 amide bonds. The van der Waals surface area contributed by atoms with E-state index in [4.69, 9.17) is 11.6 Å². The molecule has 1 rings (SSSR count). The van der Waals surface area contributed by atoms with Crippen molar-refractivity contribution in [3.05, 3.63) is 41.3 Å². The first-order chi connectivity index (χ1) is 5.86. The summed E-state index contributed by atoms with van der Waals surface area (Å²) in [6.45, 7) is 2.21. The van der Waals surface area contributed by atoms with Crippen LogP contribution < -0.4 is 0 Å². The quantitative estimate of drug-likeness (QED) is 0.663. The van der Waals surface area contributed by atoms with Gasteiger partial charge >= 0.3 is 0 Å². The van der Waals surface area contributed by atoms with Crippen LogP contribution in [0.2, 0.25) is 0 Å². The molecule has 0 aliphatic heterocycles. The van der Waals surface area contributed by atoms with Crippen molar-refractivity contribution >= 4 is 11.6 Å². The molecule has 0 bridgehead atoms. The smallest absolute Gasteiger partial charge is 0.0790 e. The summed E-state index contributed by atoms with van der Waals surface area (Å²) in [5, 5.41) is 0. The lowest BCUT2D eigenvalue weighted by molar-refractivity contribution is 0.795. The lowest BCUT2D eigenvalue weighted by Gasteiger charge is -2.00. The van der Waals surface area contributed by atoms with Crippen molar-refractivity contribution in [3.8, 4) is 0 Å². The average Bonchev–Trinajstić information content (AvgIpc) is 2.15. The Kier molecular flexibility index (Phi) is 4.16. The molecule has 0 spiro atoms. The van der Waals surface area contributed by atoms with Gasteiger partial charge in [-0.05, 0) is 24.0 Å². The zero-order valence-corrected chi connectivity index (χ0v) is 8.14. The maximum absolute atomic E-state index is 5.56. The molecule has 0 aromatic heterocycles. The molecule has 12 heavy (non-hydrogen) atoms. The Balaban J connectivity index is 2.53. The summed E-state index contributed by atoms with van der Waals surface area (Å²) >= 11 is 5.56. The molecule has 0 heterocycles. The summed E-state index contributed by atoms with van der Waals surface area (Å²) in [5.41, 5.74) is 2.48. The third-order valence-corrected chi connectivity index (χ3v) is 2.18. The van der Waals surface area contributed by atoms with Crippen LogP contribution in [-0.4, -0.2) is 0 Å². The molecule has 0 aliphatic carbocycles. The number of halogens is 1. The maximum atomic E-state index is 5.56. The lowest BCUT2D eigenvalue weighted by Crippen LogP contribution is -1.84. The van der Waals surface area contributed by atoms with E-state index in [1.54, 1.807) is 5.88 Å². The van der Waals surface area contributed by atoms with E-state index < -0.39 is 0 Å². The zero-order valence-electron chi connectivity index (χ0n) is 7.39. The van der Waals surface area contributed by atoms with Crippen LogP contribution in [-0.2, 0) is 6.42 Å². The first-order valence-corrected chi connectivity index (χ1v) is 4.83. The van der Waals surface area contributed by atoms with Gasteiger partial charge in [-0.25, -0.2) is 0 Å². The second-order valence-corrected chi connectivity index (χ2v) is 3.17. The fourth-order valence-electron chi connectivity index (χ4n) is 1.14. The van der Waals surface area contributed by atoms with E-state index in [1.807, 2.05) is 0 Å². The number of benzene rings is 1. The van der Waals surface area contributed by atoms with E-state index in [-0.39, 0.29) is 0 Å². The van der Waals surface area contributed by atoms with Crippen LogP contribution in [0.15, 0.2) is 24.3 Å². The Labute approximate surface area is 79.6 Å². The van der Waals surface area contributed by atoms with Gasteiger partial charge in [0.2, 0.25) is 0 Å². The minimum Gasteiger partial charge on any atom is -0.116 e. The summed E-state index contributed by atoms with van der Waals surface area (Å²) < 4.78 is 0. The topological polar surface area (TPSA) is 0 Å². The summed E-state index contributed by atoms with van der Waals surface area (Å²) in [7, 11) is 0. The SMILES string of the molecule is CCCCc1ccc([CH]Cl)cc1. The first-order valence-electron chi connectivity index (χ1n) is 4.39. The van der Waals surface area contributed by atoms with Gasteiger partial charge in [0.05, 0.1) is 5.88 Å². The minimum absolute atomic E-state index is 1.08. The Morgan fingerprint density at radius 1 is 1.25 bits per heavy atom. The Morgan fingerprint density at radius 2 is 1.92 bits per heavy atom. The van der Waals surface area contributed by atoms with Crippen molar-refractivity contribution in [2.45, 2.75) is 26.2 Å². The Hall–Kier alpha value is -0.490. The fraction of sp³-hybridized carbons (Fsp3) is 0.364. The van der Waals surface area contributed by atoms with Crippen molar-refractivity contribution < 1.29 is 0 Å². The molecule has 1 heteroatoms. The molecule has 65 valence electrons. The van der Waals surface area contributed by atoms with Gasteiger partial charge in [0.1, 0.15) is 0 Å². The molecule has 0 atom stereocenters. The highest BCUT2D eigenvalue weighted by Crippen LogP contribution is 2.10. The second-order valence-electron chi connectivity index (χ2n) is 2.95. The molecule has 0 saturated carbocycles. The van der Waals surface area contributed by atoms with Crippen LogP contribution in [0.25, 0.3) is 0 Å². The average molecular weight is 182 g/mol. The van der Waals surface area contributed by atoms with Crippen molar-refractivity contribution in [3.63, 3.8) is 0 Å². The minimum atomic E-state index is 1.08. The maximum Gasteiger partial charge on any atom is 0.0790 e. The van der Waals surface area contributed by atoms with E-state index in [0.717, 1.165) is 5.56 Å². The third kappa shape index (κ3) is 2.86. The zero-order chi connectivity index (χ0) is 8.81. The second kappa shape index (κ2) is 5.21. The van der Waals surface area contributed by atoms with Crippen molar-refractivity contribution in [2.75, 3.05) is 0 Å². The molecule has 0 fully saturated rings. The van der Waals surface area contributed by atoms with Crippen molar-refractivity contribution in [1.29, 1.82) is 0 Å².